The minimum absolute atomic E-state index is 0.193. The minimum atomic E-state index is 0.193. The normalized spacial score (nSPS) is 15.3. The second kappa shape index (κ2) is 6.07. The highest BCUT2D eigenvalue weighted by atomic mass is 35.5. The highest BCUT2D eigenvalue weighted by Crippen LogP contribution is 2.31. The molecule has 1 heterocycles. The van der Waals surface area contributed by atoms with Gasteiger partial charge in [-0.1, -0.05) is 23.2 Å². The fourth-order valence-electron chi connectivity index (χ4n) is 2.69. The summed E-state index contributed by atoms with van der Waals surface area (Å²) in [5, 5.41) is 5.04. The van der Waals surface area contributed by atoms with Crippen LogP contribution in [0, 0.1) is 0 Å². The monoisotopic (exact) mass is 325 g/mol. The molecule has 0 spiro atoms. The first-order valence-corrected chi connectivity index (χ1v) is 8.49. The van der Waals surface area contributed by atoms with Crippen LogP contribution < -0.4 is 5.32 Å². The summed E-state index contributed by atoms with van der Waals surface area (Å²) < 4.78 is 0. The van der Waals surface area contributed by atoms with Crippen molar-refractivity contribution in [2.24, 2.45) is 0 Å². The number of nitrogens with one attached hydrogen (secondary N) is 1. The molecule has 0 fully saturated rings. The van der Waals surface area contributed by atoms with Crippen LogP contribution in [0.3, 0.4) is 0 Å². The predicted octanol–water partition coefficient (Wildman–Crippen LogP) is 5.39. The molecule has 1 aromatic carbocycles. The number of aryl methyl sites for hydroxylation is 2. The lowest BCUT2D eigenvalue weighted by Crippen LogP contribution is -2.17. The van der Waals surface area contributed by atoms with Crippen LogP contribution in [0.15, 0.2) is 24.3 Å². The van der Waals surface area contributed by atoms with Crippen LogP contribution in [0.5, 0.6) is 0 Å². The van der Waals surface area contributed by atoms with Gasteiger partial charge in [-0.2, -0.15) is 0 Å². The number of thiophene rings is 1. The maximum atomic E-state index is 6.24. The zero-order valence-electron chi connectivity index (χ0n) is 11.4. The van der Waals surface area contributed by atoms with Crippen LogP contribution in [-0.4, -0.2) is 0 Å². The summed E-state index contributed by atoms with van der Waals surface area (Å²) in [5.41, 5.74) is 2.61. The van der Waals surface area contributed by atoms with E-state index < -0.39 is 0 Å². The molecule has 1 aliphatic rings. The summed E-state index contributed by atoms with van der Waals surface area (Å²) in [5.74, 6) is 0. The Balaban J connectivity index is 1.66. The average molecular weight is 326 g/mol. The third-order valence-corrected chi connectivity index (χ3v) is 5.62. The van der Waals surface area contributed by atoms with Gasteiger partial charge in [0.05, 0.1) is 0 Å². The molecule has 4 heteroatoms. The van der Waals surface area contributed by atoms with Crippen LogP contribution in [0.4, 0.5) is 0 Å². The van der Waals surface area contributed by atoms with Gasteiger partial charge in [0.2, 0.25) is 0 Å². The molecule has 1 atom stereocenters. The molecule has 1 nitrogen and oxygen atoms in total. The molecule has 0 radical (unpaired) electrons. The van der Waals surface area contributed by atoms with Gasteiger partial charge in [-0.3, -0.25) is 0 Å². The van der Waals surface area contributed by atoms with Gasteiger partial charge in [-0.25, -0.2) is 0 Å². The molecule has 0 saturated heterocycles. The molecular weight excluding hydrogens is 309 g/mol. The average Bonchev–Trinajstić information content (AvgIpc) is 2.99. The molecule has 20 heavy (non-hydrogen) atoms. The van der Waals surface area contributed by atoms with Crippen LogP contribution in [-0.2, 0) is 19.4 Å². The smallest absolute Gasteiger partial charge is 0.0454 e. The van der Waals surface area contributed by atoms with Gasteiger partial charge in [-0.15, -0.1) is 11.3 Å². The van der Waals surface area contributed by atoms with E-state index in [-0.39, 0.29) is 6.04 Å². The van der Waals surface area contributed by atoms with Crippen LogP contribution in [0.25, 0.3) is 0 Å². The Morgan fingerprint density at radius 2 is 2.10 bits per heavy atom. The minimum Gasteiger partial charge on any atom is -0.305 e. The Labute approximate surface area is 133 Å². The fraction of sp³-hybridized carbons (Fsp3) is 0.375. The van der Waals surface area contributed by atoms with Crippen molar-refractivity contribution in [3.63, 3.8) is 0 Å². The van der Waals surface area contributed by atoms with Crippen molar-refractivity contribution < 1.29 is 0 Å². The lowest BCUT2D eigenvalue weighted by atomic mass is 10.1. The first kappa shape index (κ1) is 14.4. The van der Waals surface area contributed by atoms with Gasteiger partial charge in [0.25, 0.3) is 0 Å². The first-order valence-electron chi connectivity index (χ1n) is 6.92. The molecule has 1 unspecified atom stereocenters. The van der Waals surface area contributed by atoms with Crippen molar-refractivity contribution in [2.75, 3.05) is 0 Å². The molecule has 1 aromatic heterocycles. The number of hydrogen-bond donors (Lipinski definition) is 1. The molecule has 2 aromatic rings. The van der Waals surface area contributed by atoms with Crippen LogP contribution >= 0.6 is 34.5 Å². The lowest BCUT2D eigenvalue weighted by Gasteiger charge is -2.15. The van der Waals surface area contributed by atoms with Crippen molar-refractivity contribution in [3.05, 3.63) is 55.2 Å². The maximum absolute atomic E-state index is 6.24. The van der Waals surface area contributed by atoms with Crippen molar-refractivity contribution in [1.82, 2.24) is 5.32 Å². The summed E-state index contributed by atoms with van der Waals surface area (Å²) in [7, 11) is 0. The highest BCUT2D eigenvalue weighted by Gasteiger charge is 2.15. The van der Waals surface area contributed by atoms with Crippen molar-refractivity contribution in [1.29, 1.82) is 0 Å². The molecule has 0 bridgehead atoms. The number of rotatable bonds is 4. The zero-order valence-corrected chi connectivity index (χ0v) is 13.7. The zero-order chi connectivity index (χ0) is 14.1. The van der Waals surface area contributed by atoms with Crippen LogP contribution in [0.1, 0.15) is 40.3 Å². The van der Waals surface area contributed by atoms with Gasteiger partial charge in [-0.05, 0) is 61.6 Å². The summed E-state index contributed by atoms with van der Waals surface area (Å²) in [6, 6.07) is 8.17. The molecule has 1 aliphatic carbocycles. The molecular formula is C16H17Cl2NS. The van der Waals surface area contributed by atoms with E-state index in [2.05, 4.69) is 18.3 Å². The Kier molecular flexibility index (Phi) is 4.37. The lowest BCUT2D eigenvalue weighted by molar-refractivity contribution is 0.579. The van der Waals surface area contributed by atoms with Gasteiger partial charge in [0.15, 0.2) is 0 Å². The Morgan fingerprint density at radius 3 is 2.90 bits per heavy atom. The molecule has 1 N–H and O–H groups in total. The third kappa shape index (κ3) is 3.04. The van der Waals surface area contributed by atoms with Gasteiger partial charge < -0.3 is 5.32 Å². The summed E-state index contributed by atoms with van der Waals surface area (Å²) in [6.07, 6.45) is 3.83. The van der Waals surface area contributed by atoms with Crippen molar-refractivity contribution in [3.8, 4) is 0 Å². The summed E-state index contributed by atoms with van der Waals surface area (Å²) >= 11 is 14.2. The van der Waals surface area contributed by atoms with E-state index in [9.17, 15) is 0 Å². The SMILES string of the molecule is CC(NCc1cc2c(s1)CCC2)c1cc(Cl)ccc1Cl. The van der Waals surface area contributed by atoms with E-state index >= 15 is 0 Å². The van der Waals surface area contributed by atoms with Gasteiger partial charge in [0, 0.05) is 32.4 Å². The van der Waals surface area contributed by atoms with Crippen molar-refractivity contribution >= 4 is 34.5 Å². The standard InChI is InChI=1S/C16H17Cl2NS/c1-10(14-8-12(17)5-6-15(14)18)19-9-13-7-11-3-2-4-16(11)20-13/h5-8,10,19H,2-4,9H2,1H3. The summed E-state index contributed by atoms with van der Waals surface area (Å²) in [6.45, 7) is 3.01. The van der Waals surface area contributed by atoms with Crippen molar-refractivity contribution in [2.45, 2.75) is 38.8 Å². The van der Waals surface area contributed by atoms with Gasteiger partial charge >= 0.3 is 0 Å². The van der Waals surface area contributed by atoms with E-state index in [1.54, 1.807) is 10.4 Å². The van der Waals surface area contributed by atoms with Gasteiger partial charge in [0.1, 0.15) is 0 Å². The highest BCUT2D eigenvalue weighted by molar-refractivity contribution is 7.12. The molecule has 0 aliphatic heterocycles. The van der Waals surface area contributed by atoms with E-state index in [1.807, 2.05) is 29.5 Å². The van der Waals surface area contributed by atoms with E-state index in [1.165, 1.54) is 24.1 Å². The predicted molar refractivity (Wildman–Crippen MR) is 88.1 cm³/mol. The second-order valence-electron chi connectivity index (χ2n) is 5.28. The molecule has 0 amide bonds. The second-order valence-corrected chi connectivity index (χ2v) is 7.35. The topological polar surface area (TPSA) is 12.0 Å². The van der Waals surface area contributed by atoms with Crippen LogP contribution in [0.2, 0.25) is 10.0 Å². The Hall–Kier alpha value is -0.540. The Morgan fingerprint density at radius 1 is 1.25 bits per heavy atom. The number of hydrogen-bond acceptors (Lipinski definition) is 2. The third-order valence-electron chi connectivity index (χ3n) is 3.80. The quantitative estimate of drug-likeness (QED) is 0.794. The van der Waals surface area contributed by atoms with E-state index in [0.29, 0.717) is 0 Å². The first-order chi connectivity index (χ1) is 9.63. The summed E-state index contributed by atoms with van der Waals surface area (Å²) in [4.78, 5) is 3.00. The largest absolute Gasteiger partial charge is 0.305 e. The maximum Gasteiger partial charge on any atom is 0.0454 e. The number of fused-ring (bicyclic) bond motifs is 1. The molecule has 0 saturated carbocycles. The fourth-order valence-corrected chi connectivity index (χ4v) is 4.36. The van der Waals surface area contributed by atoms with E-state index in [0.717, 1.165) is 22.2 Å². The molecule has 3 rings (SSSR count). The number of benzene rings is 1. The number of halogens is 2. The Bertz CT molecular complexity index is 599. The van der Waals surface area contributed by atoms with E-state index in [4.69, 9.17) is 23.2 Å². The molecule has 106 valence electrons.